The minimum absolute atomic E-state index is 0.116. The van der Waals surface area contributed by atoms with Gasteiger partial charge in [0.25, 0.3) is 0 Å². The van der Waals surface area contributed by atoms with Gasteiger partial charge in [0, 0.05) is 44.4 Å². The molecule has 1 spiro atoms. The van der Waals surface area contributed by atoms with Crippen molar-refractivity contribution in [2.24, 2.45) is 23.7 Å². The molecule has 0 radical (unpaired) electrons. The Morgan fingerprint density at radius 1 is 0.377 bits per heavy atom. The summed E-state index contributed by atoms with van der Waals surface area (Å²) in [6.45, 7) is 4.75. The van der Waals surface area contributed by atoms with Crippen LogP contribution in [0.25, 0.3) is 72.0 Å². The van der Waals surface area contributed by atoms with E-state index in [1.807, 2.05) is 0 Å². The van der Waals surface area contributed by atoms with E-state index in [-0.39, 0.29) is 10.8 Å². The first-order chi connectivity index (χ1) is 33.9. The zero-order chi connectivity index (χ0) is 45.6. The van der Waals surface area contributed by atoms with Gasteiger partial charge in [0.05, 0.1) is 11.0 Å². The molecular weight excluding hydrogens is 833 g/mol. The van der Waals surface area contributed by atoms with Gasteiger partial charge in [0.2, 0.25) is 0 Å². The lowest BCUT2D eigenvalue weighted by Crippen LogP contribution is -2.55. The number of benzene rings is 9. The van der Waals surface area contributed by atoms with Crippen molar-refractivity contribution in [3.63, 3.8) is 0 Å². The fourth-order valence-electron chi connectivity index (χ4n) is 15.2. The third-order valence-electron chi connectivity index (χ3n) is 18.0. The van der Waals surface area contributed by atoms with Crippen LogP contribution in [0.4, 0.5) is 17.1 Å². The number of nitrogens with zero attached hydrogens (tertiary/aromatic N) is 2. The summed E-state index contributed by atoms with van der Waals surface area (Å²) in [4.78, 5) is 2.46. The number of fused-ring (bicyclic) bond motifs is 9. The predicted molar refractivity (Wildman–Crippen MR) is 287 cm³/mol. The van der Waals surface area contributed by atoms with Gasteiger partial charge < -0.3 is 9.47 Å². The molecule has 10 aromatic rings. The van der Waals surface area contributed by atoms with E-state index in [2.05, 4.69) is 230 Å². The lowest BCUT2D eigenvalue weighted by molar-refractivity contribution is -0.0399. The van der Waals surface area contributed by atoms with E-state index in [0.717, 1.165) is 46.4 Å². The molecule has 2 nitrogen and oxygen atoms in total. The summed E-state index contributed by atoms with van der Waals surface area (Å²) in [5.41, 5.74) is 23.8. The molecule has 6 aliphatic carbocycles. The minimum atomic E-state index is -0.116. The average molecular weight is 887 g/mol. The summed E-state index contributed by atoms with van der Waals surface area (Å²) in [6.07, 6.45) is 7.11. The Morgan fingerprint density at radius 3 is 1.62 bits per heavy atom. The van der Waals surface area contributed by atoms with E-state index < -0.39 is 0 Å². The first kappa shape index (κ1) is 39.6. The van der Waals surface area contributed by atoms with Crippen LogP contribution in [0.15, 0.2) is 206 Å². The van der Waals surface area contributed by atoms with Crippen LogP contribution in [-0.2, 0) is 10.8 Å². The normalized spacial score (nSPS) is 21.9. The number of hydrogen-bond acceptors (Lipinski definition) is 1. The van der Waals surface area contributed by atoms with E-state index in [0.29, 0.717) is 0 Å². The van der Waals surface area contributed by atoms with E-state index in [4.69, 9.17) is 0 Å². The Labute approximate surface area is 405 Å². The van der Waals surface area contributed by atoms with Crippen LogP contribution in [-0.4, -0.2) is 4.57 Å². The van der Waals surface area contributed by atoms with Gasteiger partial charge in [0.15, 0.2) is 0 Å². The van der Waals surface area contributed by atoms with Gasteiger partial charge in [-0.15, -0.1) is 0 Å². The van der Waals surface area contributed by atoms with Crippen molar-refractivity contribution in [3.8, 4) is 50.2 Å². The van der Waals surface area contributed by atoms with Crippen molar-refractivity contribution in [2.75, 3.05) is 4.90 Å². The van der Waals surface area contributed by atoms with Crippen LogP contribution >= 0.6 is 0 Å². The SMILES string of the molecule is CC1(C)c2ccccc2-c2ccc(N(c3ccc(-c4ccc(-c5ccc6c(c5)C5(c7ccccc7-6)C6CC7CC(C6)CC5C7)cc4)cc3)c3ccc4c5ccccc5n(-c5ccccc5)c4c3)cc21. The van der Waals surface area contributed by atoms with Gasteiger partial charge in [0.1, 0.15) is 0 Å². The number of anilines is 3. The molecule has 4 fully saturated rings. The van der Waals surface area contributed by atoms with Crippen LogP contribution in [0.2, 0.25) is 0 Å². The summed E-state index contributed by atoms with van der Waals surface area (Å²) in [7, 11) is 0. The van der Waals surface area contributed by atoms with Crippen LogP contribution in [0.1, 0.15) is 68.2 Å². The van der Waals surface area contributed by atoms with Gasteiger partial charge in [-0.1, -0.05) is 159 Å². The van der Waals surface area contributed by atoms with Crippen molar-refractivity contribution in [3.05, 3.63) is 229 Å². The highest BCUT2D eigenvalue weighted by Crippen LogP contribution is 2.69. The summed E-state index contributed by atoms with van der Waals surface area (Å²) < 4.78 is 2.42. The number of rotatable bonds is 6. The number of para-hydroxylation sites is 2. The maximum Gasteiger partial charge on any atom is 0.0561 e. The molecule has 69 heavy (non-hydrogen) atoms. The molecule has 0 saturated heterocycles. The molecule has 2 heteroatoms. The molecule has 6 aliphatic rings. The third-order valence-corrected chi connectivity index (χ3v) is 18.0. The predicted octanol–water partition coefficient (Wildman–Crippen LogP) is 17.6. The monoisotopic (exact) mass is 886 g/mol. The molecule has 332 valence electrons. The van der Waals surface area contributed by atoms with Gasteiger partial charge in [-0.25, -0.2) is 0 Å². The molecule has 0 aliphatic heterocycles. The second-order valence-corrected chi connectivity index (χ2v) is 21.7. The van der Waals surface area contributed by atoms with Crippen molar-refractivity contribution in [1.29, 1.82) is 0 Å². The zero-order valence-electron chi connectivity index (χ0n) is 39.4. The fraction of sp³-hybridized carbons (Fsp3) is 0.194. The van der Waals surface area contributed by atoms with Gasteiger partial charge >= 0.3 is 0 Å². The third kappa shape index (κ3) is 5.61. The van der Waals surface area contributed by atoms with Crippen molar-refractivity contribution >= 4 is 38.9 Å². The van der Waals surface area contributed by atoms with Crippen LogP contribution in [0.5, 0.6) is 0 Å². The lowest BCUT2D eigenvalue weighted by atomic mass is 9.43. The summed E-state index contributed by atoms with van der Waals surface area (Å²) in [5.74, 6) is 3.41. The molecular formula is C67H54N2. The largest absolute Gasteiger partial charge is 0.310 e. The van der Waals surface area contributed by atoms with Crippen LogP contribution < -0.4 is 4.90 Å². The van der Waals surface area contributed by atoms with Gasteiger partial charge in [-0.05, 0) is 183 Å². The molecule has 16 rings (SSSR count). The Kier molecular flexibility index (Phi) is 8.34. The average Bonchev–Trinajstić information content (AvgIpc) is 3.96. The topological polar surface area (TPSA) is 8.17 Å². The molecule has 1 heterocycles. The van der Waals surface area contributed by atoms with Crippen LogP contribution in [0.3, 0.4) is 0 Å². The standard InChI is InChI=1S/C67H54N2/c1-66(2)60-17-9-6-14-54(60)56-32-29-52(40-62(56)66)68(53-30-33-59-58-16-8-11-19-64(58)69(65(59)41-53)50-12-4-3-5-13-50)51-27-24-45(25-28-51)44-20-22-46(23-21-44)47-26-31-57-55-15-7-10-18-61(55)67(63(57)39-47)48-35-42-34-43(37-48)38-49(67)36-42/h3-33,39-43,48-49H,34-38H2,1-2H3. The molecule has 1 aromatic heterocycles. The highest BCUT2D eigenvalue weighted by atomic mass is 15.1. The van der Waals surface area contributed by atoms with Crippen molar-refractivity contribution in [1.82, 2.24) is 4.57 Å². The van der Waals surface area contributed by atoms with Gasteiger partial charge in [-0.2, -0.15) is 0 Å². The van der Waals surface area contributed by atoms with Gasteiger partial charge in [-0.3, -0.25) is 0 Å². The number of hydrogen-bond donors (Lipinski definition) is 0. The van der Waals surface area contributed by atoms with E-state index in [1.165, 1.54) is 110 Å². The first-order valence-corrected chi connectivity index (χ1v) is 25.5. The maximum atomic E-state index is 2.62. The summed E-state index contributed by atoms with van der Waals surface area (Å²) in [5, 5.41) is 2.51. The highest BCUT2D eigenvalue weighted by molar-refractivity contribution is 6.10. The quantitative estimate of drug-likeness (QED) is 0.161. The van der Waals surface area contributed by atoms with Crippen LogP contribution in [0, 0.1) is 23.7 Å². The smallest absolute Gasteiger partial charge is 0.0561 e. The zero-order valence-corrected chi connectivity index (χ0v) is 39.4. The van der Waals surface area contributed by atoms with Crippen molar-refractivity contribution in [2.45, 2.75) is 56.8 Å². The minimum Gasteiger partial charge on any atom is -0.310 e. The molecule has 4 bridgehead atoms. The Balaban J connectivity index is 0.809. The molecule has 4 saturated carbocycles. The molecule has 0 atom stereocenters. The molecule has 0 amide bonds. The molecule has 9 aromatic carbocycles. The van der Waals surface area contributed by atoms with E-state index in [9.17, 15) is 0 Å². The maximum absolute atomic E-state index is 2.62. The van der Waals surface area contributed by atoms with Crippen molar-refractivity contribution < 1.29 is 0 Å². The summed E-state index contributed by atoms with van der Waals surface area (Å²) in [6, 6.07) is 78.2. The number of aromatic nitrogens is 1. The molecule has 0 unspecified atom stereocenters. The fourth-order valence-corrected chi connectivity index (χ4v) is 15.2. The lowest BCUT2D eigenvalue weighted by Gasteiger charge is -2.61. The second-order valence-electron chi connectivity index (χ2n) is 21.7. The second kappa shape index (κ2) is 14.5. The first-order valence-electron chi connectivity index (χ1n) is 25.5. The Morgan fingerprint density at radius 2 is 0.884 bits per heavy atom. The summed E-state index contributed by atoms with van der Waals surface area (Å²) >= 11 is 0. The van der Waals surface area contributed by atoms with E-state index in [1.54, 1.807) is 11.1 Å². The van der Waals surface area contributed by atoms with E-state index >= 15 is 0 Å². The highest BCUT2D eigenvalue weighted by Gasteiger charge is 2.61. The molecule has 0 N–H and O–H groups in total. The Hall–Kier alpha value is -7.42. The Bertz CT molecular complexity index is 3670.